The number of aryl methyl sites for hydroxylation is 1. The molecule has 0 saturated carbocycles. The van der Waals surface area contributed by atoms with Crippen molar-refractivity contribution in [2.45, 2.75) is 45.1 Å². The van der Waals surface area contributed by atoms with Gasteiger partial charge in [-0.05, 0) is 31.4 Å². The molecule has 0 radical (unpaired) electrons. The average Bonchev–Trinajstić information content (AvgIpc) is 3.14. The molecule has 1 aromatic carbocycles. The first-order valence-electron chi connectivity index (χ1n) is 9.31. The number of piperidine rings is 1. The van der Waals surface area contributed by atoms with Crippen LogP contribution >= 0.6 is 0 Å². The molecule has 3 rings (SSSR count). The van der Waals surface area contributed by atoms with E-state index in [1.54, 1.807) is 12.1 Å². The second-order valence-electron chi connectivity index (χ2n) is 6.81. The zero-order valence-electron chi connectivity index (χ0n) is 15.5. The molecule has 6 heteroatoms. The Labute approximate surface area is 154 Å². The largest absolute Gasteiger partial charge is 0.507 e. The fourth-order valence-corrected chi connectivity index (χ4v) is 3.56. The van der Waals surface area contributed by atoms with Crippen molar-refractivity contribution in [3.05, 3.63) is 42.0 Å². The molecule has 1 aliphatic rings. The molecule has 0 unspecified atom stereocenters. The number of phenols is 1. The van der Waals surface area contributed by atoms with Crippen molar-refractivity contribution in [3.8, 4) is 11.5 Å². The second kappa shape index (κ2) is 8.25. The number of methoxy groups -OCH3 is 1. The van der Waals surface area contributed by atoms with Crippen molar-refractivity contribution < 1.29 is 14.6 Å². The minimum Gasteiger partial charge on any atom is -0.507 e. The zero-order chi connectivity index (χ0) is 18.5. The molecular formula is C20H27N3O3. The average molecular weight is 357 g/mol. The number of amides is 1. The third-order valence-electron chi connectivity index (χ3n) is 5.01. The molecule has 1 aliphatic heterocycles. The van der Waals surface area contributed by atoms with Gasteiger partial charge in [-0.2, -0.15) is 0 Å². The summed E-state index contributed by atoms with van der Waals surface area (Å²) in [6, 6.07) is 4.81. The van der Waals surface area contributed by atoms with Crippen LogP contribution in [0.3, 0.4) is 0 Å². The fourth-order valence-electron chi connectivity index (χ4n) is 3.56. The van der Waals surface area contributed by atoms with Crippen LogP contribution in [0.1, 0.15) is 54.7 Å². The Morgan fingerprint density at radius 3 is 3.00 bits per heavy atom. The van der Waals surface area contributed by atoms with E-state index >= 15 is 0 Å². The van der Waals surface area contributed by atoms with Gasteiger partial charge in [0.05, 0.1) is 12.7 Å². The lowest BCUT2D eigenvalue weighted by Crippen LogP contribution is -2.39. The van der Waals surface area contributed by atoms with E-state index in [2.05, 4.69) is 16.5 Å². The first kappa shape index (κ1) is 18.3. The minimum atomic E-state index is -0.137. The Bertz CT molecular complexity index is 757. The Morgan fingerprint density at radius 2 is 2.27 bits per heavy atom. The summed E-state index contributed by atoms with van der Waals surface area (Å²) in [5, 5.41) is 10.2. The van der Waals surface area contributed by atoms with Gasteiger partial charge in [-0.25, -0.2) is 4.98 Å². The number of aromatic nitrogens is 2. The number of rotatable bonds is 6. The SMILES string of the molecule is CCCCn1ccnc1[C@@H]1CCCN(C(=O)c2ccc(OC)cc2O)C1. The van der Waals surface area contributed by atoms with E-state index < -0.39 is 0 Å². The van der Waals surface area contributed by atoms with Gasteiger partial charge in [0, 0.05) is 44.0 Å². The maximum atomic E-state index is 12.9. The maximum absolute atomic E-state index is 12.9. The van der Waals surface area contributed by atoms with Crippen molar-refractivity contribution in [2.75, 3.05) is 20.2 Å². The third kappa shape index (κ3) is 3.84. The number of ether oxygens (including phenoxy) is 1. The number of benzene rings is 1. The van der Waals surface area contributed by atoms with E-state index in [0.717, 1.165) is 38.1 Å². The van der Waals surface area contributed by atoms with Crippen LogP contribution in [0.25, 0.3) is 0 Å². The summed E-state index contributed by atoms with van der Waals surface area (Å²) < 4.78 is 7.31. The summed E-state index contributed by atoms with van der Waals surface area (Å²) in [6.45, 7) is 4.48. The molecule has 1 amide bonds. The highest BCUT2D eigenvalue weighted by Gasteiger charge is 2.29. The van der Waals surface area contributed by atoms with Crippen LogP contribution in [0.15, 0.2) is 30.6 Å². The number of phenolic OH excluding ortho intramolecular Hbond substituents is 1. The van der Waals surface area contributed by atoms with Gasteiger partial charge < -0.3 is 19.3 Å². The van der Waals surface area contributed by atoms with Gasteiger partial charge in [0.25, 0.3) is 5.91 Å². The predicted octanol–water partition coefficient (Wildman–Crippen LogP) is 3.42. The minimum absolute atomic E-state index is 0.0408. The molecule has 26 heavy (non-hydrogen) atoms. The first-order chi connectivity index (χ1) is 12.6. The van der Waals surface area contributed by atoms with Crippen molar-refractivity contribution in [2.24, 2.45) is 0 Å². The first-order valence-corrected chi connectivity index (χ1v) is 9.31. The van der Waals surface area contributed by atoms with Crippen LogP contribution in [-0.2, 0) is 6.54 Å². The van der Waals surface area contributed by atoms with E-state index in [0.29, 0.717) is 24.4 Å². The topological polar surface area (TPSA) is 67.6 Å². The molecule has 1 N–H and O–H groups in total. The van der Waals surface area contributed by atoms with Crippen LogP contribution in [0, 0.1) is 0 Å². The Morgan fingerprint density at radius 1 is 1.42 bits per heavy atom. The van der Waals surface area contributed by atoms with Gasteiger partial charge in [-0.1, -0.05) is 13.3 Å². The molecule has 0 spiro atoms. The van der Waals surface area contributed by atoms with E-state index in [1.165, 1.54) is 13.2 Å². The lowest BCUT2D eigenvalue weighted by Gasteiger charge is -2.33. The van der Waals surface area contributed by atoms with Crippen LogP contribution in [-0.4, -0.2) is 45.7 Å². The predicted molar refractivity (Wildman–Crippen MR) is 99.7 cm³/mol. The summed E-state index contributed by atoms with van der Waals surface area (Å²) in [5.41, 5.74) is 0.320. The lowest BCUT2D eigenvalue weighted by atomic mass is 9.96. The van der Waals surface area contributed by atoms with Gasteiger partial charge >= 0.3 is 0 Å². The molecule has 1 saturated heterocycles. The van der Waals surface area contributed by atoms with Crippen molar-refractivity contribution >= 4 is 5.91 Å². The molecule has 1 atom stereocenters. The van der Waals surface area contributed by atoms with Crippen LogP contribution < -0.4 is 4.74 Å². The molecule has 6 nitrogen and oxygen atoms in total. The number of likely N-dealkylation sites (tertiary alicyclic amines) is 1. The van der Waals surface area contributed by atoms with Gasteiger partial charge in [0.1, 0.15) is 17.3 Å². The van der Waals surface area contributed by atoms with E-state index in [9.17, 15) is 9.90 Å². The smallest absolute Gasteiger partial charge is 0.257 e. The molecular weight excluding hydrogens is 330 g/mol. The third-order valence-corrected chi connectivity index (χ3v) is 5.01. The van der Waals surface area contributed by atoms with Crippen molar-refractivity contribution in [3.63, 3.8) is 0 Å². The van der Waals surface area contributed by atoms with Crippen molar-refractivity contribution in [1.82, 2.24) is 14.5 Å². The highest BCUT2D eigenvalue weighted by Crippen LogP contribution is 2.30. The zero-order valence-corrected chi connectivity index (χ0v) is 15.5. The highest BCUT2D eigenvalue weighted by molar-refractivity contribution is 5.97. The summed E-state index contributed by atoms with van der Waals surface area (Å²) in [5.74, 6) is 1.66. The fraction of sp³-hybridized carbons (Fsp3) is 0.500. The molecule has 140 valence electrons. The van der Waals surface area contributed by atoms with E-state index in [4.69, 9.17) is 4.74 Å². The monoisotopic (exact) mass is 357 g/mol. The van der Waals surface area contributed by atoms with Gasteiger partial charge in [-0.15, -0.1) is 0 Å². The number of carbonyl (C=O) groups excluding carboxylic acids is 1. The second-order valence-corrected chi connectivity index (χ2v) is 6.81. The molecule has 1 aromatic heterocycles. The lowest BCUT2D eigenvalue weighted by molar-refractivity contribution is 0.0700. The summed E-state index contributed by atoms with van der Waals surface area (Å²) >= 11 is 0. The molecule has 1 fully saturated rings. The van der Waals surface area contributed by atoms with Crippen LogP contribution in [0.2, 0.25) is 0 Å². The molecule has 2 aromatic rings. The van der Waals surface area contributed by atoms with E-state index in [1.807, 2.05) is 17.3 Å². The van der Waals surface area contributed by atoms with Crippen LogP contribution in [0.4, 0.5) is 0 Å². The molecule has 2 heterocycles. The molecule has 0 bridgehead atoms. The quantitative estimate of drug-likeness (QED) is 0.860. The number of unbranched alkanes of at least 4 members (excludes halogenated alkanes) is 1. The Balaban J connectivity index is 1.74. The standard InChI is InChI=1S/C20H27N3O3/c1-3-4-10-22-12-9-21-19(22)15-6-5-11-23(14-15)20(25)17-8-7-16(26-2)13-18(17)24/h7-9,12-13,15,24H,3-6,10-11,14H2,1-2H3/t15-/m1/s1. The number of hydrogen-bond acceptors (Lipinski definition) is 4. The highest BCUT2D eigenvalue weighted by atomic mass is 16.5. The number of aromatic hydroxyl groups is 1. The normalized spacial score (nSPS) is 17.3. The number of nitrogens with zero attached hydrogens (tertiary/aromatic N) is 3. The number of hydrogen-bond donors (Lipinski definition) is 1. The summed E-state index contributed by atoms with van der Waals surface area (Å²) in [7, 11) is 1.53. The number of carbonyl (C=O) groups is 1. The summed E-state index contributed by atoms with van der Waals surface area (Å²) in [4.78, 5) is 19.3. The van der Waals surface area contributed by atoms with Crippen molar-refractivity contribution in [1.29, 1.82) is 0 Å². The van der Waals surface area contributed by atoms with Gasteiger partial charge in [0.15, 0.2) is 0 Å². The van der Waals surface area contributed by atoms with E-state index in [-0.39, 0.29) is 17.6 Å². The molecule has 0 aliphatic carbocycles. The number of imidazole rings is 1. The van der Waals surface area contributed by atoms with Gasteiger partial charge in [-0.3, -0.25) is 4.79 Å². The Kier molecular flexibility index (Phi) is 5.81. The maximum Gasteiger partial charge on any atom is 0.257 e. The summed E-state index contributed by atoms with van der Waals surface area (Å²) in [6.07, 6.45) is 8.11. The van der Waals surface area contributed by atoms with Gasteiger partial charge in [0.2, 0.25) is 0 Å². The Hall–Kier alpha value is -2.50. The van der Waals surface area contributed by atoms with Crippen LogP contribution in [0.5, 0.6) is 11.5 Å².